The fraction of sp³-hybridized carbons (Fsp3) is 0.137. The van der Waals surface area contributed by atoms with Crippen LogP contribution in [0.3, 0.4) is 0 Å². The highest BCUT2D eigenvalue weighted by molar-refractivity contribution is 5.97. The number of anilines is 2. The largest absolute Gasteiger partial charge is 0.335 e. The molecule has 0 saturated heterocycles. The first-order valence-electron chi connectivity index (χ1n) is 18.8. The van der Waals surface area contributed by atoms with Crippen LogP contribution in [0.1, 0.15) is 44.9 Å². The number of hydrogen-bond acceptors (Lipinski definition) is 1. The van der Waals surface area contributed by atoms with E-state index in [1.54, 1.807) is 0 Å². The molecule has 0 aliphatic heterocycles. The Bertz CT molecular complexity index is 2420. The molecule has 7 rings (SSSR count). The summed E-state index contributed by atoms with van der Waals surface area (Å²) in [6.07, 6.45) is 13.2. The van der Waals surface area contributed by atoms with Crippen molar-refractivity contribution in [3.05, 3.63) is 194 Å². The highest BCUT2D eigenvalue weighted by Crippen LogP contribution is 2.40. The molecule has 0 radical (unpaired) electrons. The predicted octanol–water partition coefficient (Wildman–Crippen LogP) is 14.3. The number of allylic oxidation sites excluding steroid dienone is 4. The van der Waals surface area contributed by atoms with E-state index in [0.29, 0.717) is 0 Å². The van der Waals surface area contributed by atoms with Gasteiger partial charge in [0.2, 0.25) is 0 Å². The maximum absolute atomic E-state index is 4.60. The minimum absolute atomic E-state index is 0.231. The van der Waals surface area contributed by atoms with Crippen molar-refractivity contribution in [1.82, 2.24) is 4.57 Å². The smallest absolute Gasteiger partial charge is 0.0537 e. The monoisotopic (exact) mass is 688 g/mol. The molecule has 262 valence electrons. The zero-order chi connectivity index (χ0) is 36.8. The van der Waals surface area contributed by atoms with E-state index in [1.807, 2.05) is 12.2 Å². The highest BCUT2D eigenvalue weighted by Gasteiger charge is 2.31. The number of fused-ring (bicyclic) bond motifs is 2. The standard InChI is InChI=1S/C51H48N2/c1-6-9-27-49-45(7-2)48-25-15-16-28-50(48)52(49)38(4)19-18-37-51(5,8-3)53(43-33-29-40(30-34-43)39-20-11-10-12-21-39)44-35-31-42(32-36-44)47-26-17-23-41-22-13-14-24-46(41)47/h6,9-36H,1,4,7-8,37H2,2-3,5H3/b19-18-,27-9-. The van der Waals surface area contributed by atoms with Gasteiger partial charge in [-0.15, -0.1) is 0 Å². The summed E-state index contributed by atoms with van der Waals surface area (Å²) in [4.78, 5) is 2.53. The second-order valence-electron chi connectivity index (χ2n) is 13.9. The van der Waals surface area contributed by atoms with Crippen molar-refractivity contribution in [3.63, 3.8) is 0 Å². The minimum Gasteiger partial charge on any atom is -0.335 e. The number of benzene rings is 6. The molecule has 1 atom stereocenters. The van der Waals surface area contributed by atoms with Gasteiger partial charge in [-0.3, -0.25) is 0 Å². The number of nitrogens with zero attached hydrogens (tertiary/aromatic N) is 2. The SMILES string of the molecule is C=C/C=C\c1c(CC)c2ccccc2n1C(=C)/C=C\CC(C)(CC)N(c1ccc(-c2ccccc2)cc1)c1ccc(-c2cccc3ccccc23)cc1. The van der Waals surface area contributed by atoms with Crippen LogP contribution in [-0.4, -0.2) is 10.1 Å². The lowest BCUT2D eigenvalue weighted by molar-refractivity contribution is 0.447. The van der Waals surface area contributed by atoms with Gasteiger partial charge in [0, 0.05) is 33.7 Å². The van der Waals surface area contributed by atoms with Crippen LogP contribution in [0.2, 0.25) is 0 Å². The van der Waals surface area contributed by atoms with Crippen molar-refractivity contribution in [2.75, 3.05) is 4.90 Å². The average Bonchev–Trinajstić information content (AvgIpc) is 3.54. The quantitative estimate of drug-likeness (QED) is 0.109. The third-order valence-corrected chi connectivity index (χ3v) is 10.7. The topological polar surface area (TPSA) is 8.17 Å². The molecule has 0 amide bonds. The molecule has 1 heterocycles. The summed E-state index contributed by atoms with van der Waals surface area (Å²) >= 11 is 0. The van der Waals surface area contributed by atoms with Crippen molar-refractivity contribution < 1.29 is 0 Å². The van der Waals surface area contributed by atoms with Gasteiger partial charge in [-0.2, -0.15) is 0 Å². The molecule has 1 unspecified atom stereocenters. The molecule has 2 nitrogen and oxygen atoms in total. The van der Waals surface area contributed by atoms with Crippen molar-refractivity contribution in [2.45, 2.75) is 45.6 Å². The second-order valence-corrected chi connectivity index (χ2v) is 13.9. The van der Waals surface area contributed by atoms with Crippen LogP contribution in [-0.2, 0) is 6.42 Å². The maximum Gasteiger partial charge on any atom is 0.0537 e. The van der Waals surface area contributed by atoms with E-state index in [2.05, 4.69) is 207 Å². The van der Waals surface area contributed by atoms with E-state index in [4.69, 9.17) is 0 Å². The number of aryl methyl sites for hydroxylation is 1. The normalized spacial score (nSPS) is 12.8. The molecule has 6 aromatic carbocycles. The summed E-state index contributed by atoms with van der Waals surface area (Å²) in [5, 5.41) is 3.79. The number of rotatable bonds is 13. The summed E-state index contributed by atoms with van der Waals surface area (Å²) in [6, 6.07) is 52.6. The van der Waals surface area contributed by atoms with Crippen LogP contribution >= 0.6 is 0 Å². The van der Waals surface area contributed by atoms with Crippen LogP contribution < -0.4 is 4.90 Å². The number of hydrogen-bond donors (Lipinski definition) is 0. The zero-order valence-corrected chi connectivity index (χ0v) is 31.2. The van der Waals surface area contributed by atoms with Gasteiger partial charge in [0.1, 0.15) is 0 Å². The molecule has 53 heavy (non-hydrogen) atoms. The van der Waals surface area contributed by atoms with Gasteiger partial charge in [-0.05, 0) is 107 Å². The third-order valence-electron chi connectivity index (χ3n) is 10.7. The van der Waals surface area contributed by atoms with E-state index >= 15 is 0 Å². The lowest BCUT2D eigenvalue weighted by Gasteiger charge is -2.42. The Morgan fingerprint density at radius 1 is 0.679 bits per heavy atom. The van der Waals surface area contributed by atoms with Gasteiger partial charge in [-0.25, -0.2) is 0 Å². The second kappa shape index (κ2) is 15.6. The van der Waals surface area contributed by atoms with Crippen LogP contribution in [0.4, 0.5) is 11.4 Å². The summed E-state index contributed by atoms with van der Waals surface area (Å²) in [6.45, 7) is 15.4. The molecule has 0 bridgehead atoms. The van der Waals surface area contributed by atoms with Gasteiger partial charge >= 0.3 is 0 Å². The predicted molar refractivity (Wildman–Crippen MR) is 232 cm³/mol. The van der Waals surface area contributed by atoms with Gasteiger partial charge < -0.3 is 9.47 Å². The molecule has 1 aromatic heterocycles. The number of aromatic nitrogens is 1. The third kappa shape index (κ3) is 7.06. The molecular formula is C51H48N2. The molecule has 0 aliphatic rings. The van der Waals surface area contributed by atoms with E-state index in [1.165, 1.54) is 60.9 Å². The Morgan fingerprint density at radius 2 is 1.28 bits per heavy atom. The van der Waals surface area contributed by atoms with Gasteiger partial charge in [0.25, 0.3) is 0 Å². The molecule has 0 N–H and O–H groups in total. The molecule has 0 fully saturated rings. The van der Waals surface area contributed by atoms with Crippen LogP contribution in [0, 0.1) is 0 Å². The lowest BCUT2D eigenvalue weighted by Crippen LogP contribution is -2.42. The van der Waals surface area contributed by atoms with Crippen molar-refractivity contribution in [2.24, 2.45) is 0 Å². The van der Waals surface area contributed by atoms with E-state index in [-0.39, 0.29) is 5.54 Å². The summed E-state index contributed by atoms with van der Waals surface area (Å²) in [5.74, 6) is 0. The van der Waals surface area contributed by atoms with E-state index in [9.17, 15) is 0 Å². The van der Waals surface area contributed by atoms with Gasteiger partial charge in [-0.1, -0.05) is 160 Å². The molecule has 0 spiro atoms. The number of para-hydroxylation sites is 1. The van der Waals surface area contributed by atoms with Crippen molar-refractivity contribution in [3.8, 4) is 22.3 Å². The van der Waals surface area contributed by atoms with Crippen LogP contribution in [0.25, 0.3) is 55.7 Å². The van der Waals surface area contributed by atoms with Crippen LogP contribution in [0.15, 0.2) is 183 Å². The lowest BCUT2D eigenvalue weighted by atomic mass is 9.89. The maximum atomic E-state index is 4.60. The molecular weight excluding hydrogens is 641 g/mol. The Balaban J connectivity index is 1.26. The van der Waals surface area contributed by atoms with E-state index < -0.39 is 0 Å². The molecule has 0 saturated carbocycles. The fourth-order valence-electron chi connectivity index (χ4n) is 7.73. The fourth-order valence-corrected chi connectivity index (χ4v) is 7.73. The Kier molecular flexibility index (Phi) is 10.4. The Morgan fingerprint density at radius 3 is 1.96 bits per heavy atom. The average molecular weight is 689 g/mol. The van der Waals surface area contributed by atoms with Crippen LogP contribution in [0.5, 0.6) is 0 Å². The molecule has 0 aliphatic carbocycles. The summed E-state index contributed by atoms with van der Waals surface area (Å²) < 4.78 is 2.29. The molecule has 7 aromatic rings. The summed E-state index contributed by atoms with van der Waals surface area (Å²) in [5.41, 5.74) is 11.6. The Labute approximate surface area is 315 Å². The highest BCUT2D eigenvalue weighted by atomic mass is 15.2. The van der Waals surface area contributed by atoms with Gasteiger partial charge in [0.15, 0.2) is 0 Å². The Hall–Kier alpha value is -6.12. The summed E-state index contributed by atoms with van der Waals surface area (Å²) in [7, 11) is 0. The zero-order valence-electron chi connectivity index (χ0n) is 31.2. The van der Waals surface area contributed by atoms with Crippen molar-refractivity contribution >= 4 is 44.8 Å². The van der Waals surface area contributed by atoms with E-state index in [0.717, 1.165) is 30.7 Å². The first-order chi connectivity index (χ1) is 26.0. The van der Waals surface area contributed by atoms with Gasteiger partial charge in [0.05, 0.1) is 5.52 Å². The molecule has 2 heteroatoms. The first kappa shape index (κ1) is 35.3. The first-order valence-corrected chi connectivity index (χ1v) is 18.8. The van der Waals surface area contributed by atoms with Crippen molar-refractivity contribution in [1.29, 1.82) is 0 Å². The minimum atomic E-state index is -0.231.